The van der Waals surface area contributed by atoms with Crippen LogP contribution >= 0.6 is 0 Å². The van der Waals surface area contributed by atoms with Gasteiger partial charge in [-0.2, -0.15) is 0 Å². The van der Waals surface area contributed by atoms with Gasteiger partial charge in [-0.25, -0.2) is 4.79 Å². The minimum absolute atomic E-state index is 0.169. The molecule has 0 saturated carbocycles. The third-order valence-corrected chi connectivity index (χ3v) is 1.71. The smallest absolute Gasteiger partial charge is 0.331 e. The van der Waals surface area contributed by atoms with E-state index in [-0.39, 0.29) is 12.1 Å². The topological polar surface area (TPSA) is 26.3 Å². The largest absolute Gasteiger partial charge is 0.455 e. The molecule has 0 aliphatic rings. The van der Waals surface area contributed by atoms with E-state index < -0.39 is 0 Å². The zero-order valence-electron chi connectivity index (χ0n) is 9.12. The molecule has 0 fully saturated rings. The molecule has 1 atom stereocenters. The molecule has 0 spiro atoms. The molecule has 0 amide bonds. The maximum atomic E-state index is 11.2. The average molecular weight is 194 g/mol. The third kappa shape index (κ3) is 5.36. The van der Waals surface area contributed by atoms with Crippen LogP contribution in [0.5, 0.6) is 0 Å². The molecule has 0 saturated heterocycles. The number of carbonyl (C=O) groups is 1. The van der Waals surface area contributed by atoms with Gasteiger partial charge in [0.15, 0.2) is 0 Å². The second-order valence-corrected chi connectivity index (χ2v) is 3.07. The summed E-state index contributed by atoms with van der Waals surface area (Å²) in [6.45, 7) is 9.47. The van der Waals surface area contributed by atoms with E-state index in [2.05, 4.69) is 6.58 Å². The molecule has 0 aliphatic heterocycles. The van der Waals surface area contributed by atoms with E-state index in [1.807, 2.05) is 26.8 Å². The molecule has 1 unspecified atom stereocenters. The van der Waals surface area contributed by atoms with Gasteiger partial charge in [0.2, 0.25) is 0 Å². The monoisotopic (exact) mass is 194 g/mol. The summed E-state index contributed by atoms with van der Waals surface area (Å²) in [7, 11) is 0. The van der Waals surface area contributed by atoms with Crippen molar-refractivity contribution in [3.63, 3.8) is 0 Å². The summed E-state index contributed by atoms with van der Waals surface area (Å²) >= 11 is 0. The van der Waals surface area contributed by atoms with Crippen molar-refractivity contribution < 1.29 is 9.53 Å². The number of rotatable bonds is 5. The molecule has 0 heterocycles. The number of carbonyl (C=O) groups excluding carboxylic acids is 1. The number of hydrogen-bond donors (Lipinski definition) is 0. The molecular weight excluding hydrogens is 176 g/mol. The Morgan fingerprint density at radius 2 is 2.14 bits per heavy atom. The maximum Gasteiger partial charge on any atom is 0.331 e. The van der Waals surface area contributed by atoms with Crippen molar-refractivity contribution in [2.45, 2.75) is 33.3 Å². The summed E-state index contributed by atoms with van der Waals surface area (Å²) in [5, 5.41) is 0. The first kappa shape index (κ1) is 12.7. The van der Waals surface area contributed by atoms with Gasteiger partial charge in [-0.1, -0.05) is 31.7 Å². The Bertz CT molecular complexity index is 249. The summed E-state index contributed by atoms with van der Waals surface area (Å²) in [6.07, 6.45) is 7.29. The molecule has 0 N–H and O–H groups in total. The number of esters is 1. The first-order valence-corrected chi connectivity index (χ1v) is 4.77. The van der Waals surface area contributed by atoms with E-state index in [1.165, 1.54) is 6.08 Å². The van der Waals surface area contributed by atoms with E-state index >= 15 is 0 Å². The van der Waals surface area contributed by atoms with Crippen molar-refractivity contribution in [1.82, 2.24) is 0 Å². The second kappa shape index (κ2) is 7.13. The molecule has 78 valence electrons. The zero-order chi connectivity index (χ0) is 11.0. The molecule has 0 radical (unpaired) electrons. The number of allylic oxidation sites excluding steroid dienone is 3. The van der Waals surface area contributed by atoms with E-state index in [9.17, 15) is 4.79 Å². The minimum atomic E-state index is -0.321. The van der Waals surface area contributed by atoms with Crippen LogP contribution in [-0.2, 0) is 9.53 Å². The Morgan fingerprint density at radius 1 is 1.50 bits per heavy atom. The lowest BCUT2D eigenvalue weighted by molar-refractivity contribution is -0.141. The Balaban J connectivity index is 4.09. The van der Waals surface area contributed by atoms with E-state index in [1.54, 1.807) is 12.2 Å². The van der Waals surface area contributed by atoms with Gasteiger partial charge in [0.25, 0.3) is 0 Å². The Hall–Kier alpha value is -1.31. The van der Waals surface area contributed by atoms with Gasteiger partial charge in [0.05, 0.1) is 0 Å². The van der Waals surface area contributed by atoms with Crippen LogP contribution in [0.25, 0.3) is 0 Å². The predicted octanol–water partition coefficient (Wildman–Crippen LogP) is 3.02. The third-order valence-electron chi connectivity index (χ3n) is 1.71. The molecule has 0 aromatic rings. The van der Waals surface area contributed by atoms with Crippen LogP contribution in [0.15, 0.2) is 36.5 Å². The Kier molecular flexibility index (Phi) is 6.46. The predicted molar refractivity (Wildman–Crippen MR) is 58.9 cm³/mol. The molecule has 0 aliphatic carbocycles. The van der Waals surface area contributed by atoms with Gasteiger partial charge in [-0.15, -0.1) is 0 Å². The van der Waals surface area contributed by atoms with Crippen molar-refractivity contribution in [2.24, 2.45) is 0 Å². The van der Waals surface area contributed by atoms with Crippen molar-refractivity contribution in [3.8, 4) is 0 Å². The van der Waals surface area contributed by atoms with Gasteiger partial charge in [-0.05, 0) is 25.8 Å². The Labute approximate surface area is 86.0 Å². The van der Waals surface area contributed by atoms with Gasteiger partial charge in [-0.3, -0.25) is 0 Å². The normalized spacial score (nSPS) is 13.4. The molecule has 0 rings (SSSR count). The van der Waals surface area contributed by atoms with Gasteiger partial charge in [0.1, 0.15) is 6.10 Å². The van der Waals surface area contributed by atoms with Crippen molar-refractivity contribution >= 4 is 5.97 Å². The first-order valence-electron chi connectivity index (χ1n) is 4.77. The molecule has 0 aromatic heterocycles. The van der Waals surface area contributed by atoms with Gasteiger partial charge < -0.3 is 4.74 Å². The average Bonchev–Trinajstić information content (AvgIpc) is 2.14. The van der Waals surface area contributed by atoms with E-state index in [0.29, 0.717) is 0 Å². The molecule has 14 heavy (non-hydrogen) atoms. The van der Waals surface area contributed by atoms with Crippen LogP contribution in [0.2, 0.25) is 0 Å². The first-order chi connectivity index (χ1) is 6.61. The van der Waals surface area contributed by atoms with Crippen molar-refractivity contribution in [2.75, 3.05) is 0 Å². The highest BCUT2D eigenvalue weighted by Gasteiger charge is 2.10. The van der Waals surface area contributed by atoms with Gasteiger partial charge in [0, 0.05) is 6.08 Å². The SMILES string of the molecule is C=C(C)C(CC)OC(=O)C=CC=CC. The standard InChI is InChI=1S/C12H18O2/c1-5-7-8-9-12(13)14-11(6-2)10(3)4/h5,7-9,11H,3,6H2,1-2,4H3. The fraction of sp³-hybridized carbons (Fsp3) is 0.417. The molecule has 2 nitrogen and oxygen atoms in total. The van der Waals surface area contributed by atoms with Crippen LogP contribution in [0.1, 0.15) is 27.2 Å². The molecule has 0 bridgehead atoms. The molecule has 0 aromatic carbocycles. The lowest BCUT2D eigenvalue weighted by atomic mass is 10.1. The van der Waals surface area contributed by atoms with Crippen LogP contribution in [0.3, 0.4) is 0 Å². The lowest BCUT2D eigenvalue weighted by Crippen LogP contribution is -2.16. The van der Waals surface area contributed by atoms with Crippen LogP contribution in [0, 0.1) is 0 Å². The van der Waals surface area contributed by atoms with Crippen molar-refractivity contribution in [3.05, 3.63) is 36.5 Å². The van der Waals surface area contributed by atoms with Gasteiger partial charge >= 0.3 is 5.97 Å². The highest BCUT2D eigenvalue weighted by molar-refractivity contribution is 5.82. The lowest BCUT2D eigenvalue weighted by Gasteiger charge is -2.14. The minimum Gasteiger partial charge on any atom is -0.455 e. The molecular formula is C12H18O2. The fourth-order valence-electron chi connectivity index (χ4n) is 0.957. The zero-order valence-corrected chi connectivity index (χ0v) is 9.12. The summed E-state index contributed by atoms with van der Waals surface area (Å²) in [5.41, 5.74) is 0.875. The fourth-order valence-corrected chi connectivity index (χ4v) is 0.957. The van der Waals surface area contributed by atoms with Crippen LogP contribution in [-0.4, -0.2) is 12.1 Å². The van der Waals surface area contributed by atoms with Crippen LogP contribution < -0.4 is 0 Å². The number of hydrogen-bond acceptors (Lipinski definition) is 2. The summed E-state index contributed by atoms with van der Waals surface area (Å²) in [4.78, 5) is 11.2. The summed E-state index contributed by atoms with van der Waals surface area (Å²) < 4.78 is 5.15. The second-order valence-electron chi connectivity index (χ2n) is 3.07. The number of ether oxygens (including phenoxy) is 1. The quantitative estimate of drug-likeness (QED) is 0.291. The maximum absolute atomic E-state index is 11.2. The highest BCUT2D eigenvalue weighted by Crippen LogP contribution is 2.08. The molecule has 2 heteroatoms. The van der Waals surface area contributed by atoms with E-state index in [0.717, 1.165) is 12.0 Å². The Morgan fingerprint density at radius 3 is 2.57 bits per heavy atom. The summed E-state index contributed by atoms with van der Waals surface area (Å²) in [5.74, 6) is -0.321. The van der Waals surface area contributed by atoms with Crippen LogP contribution in [0.4, 0.5) is 0 Å². The van der Waals surface area contributed by atoms with Crippen molar-refractivity contribution in [1.29, 1.82) is 0 Å². The summed E-state index contributed by atoms with van der Waals surface area (Å²) in [6, 6.07) is 0. The highest BCUT2D eigenvalue weighted by atomic mass is 16.5. The van der Waals surface area contributed by atoms with E-state index in [4.69, 9.17) is 4.74 Å².